The first-order valence-corrected chi connectivity index (χ1v) is 8.40. The number of aromatic nitrogens is 2. The standard InChI is InChI=1S/C17H27N3O3/c1-12-16(13(2)19(3)18-12)14-11-23-9-8-20(14)15(21)10-17(22-4)6-5-7-17/h14H,5-11H2,1-4H3. The van der Waals surface area contributed by atoms with E-state index in [4.69, 9.17) is 9.47 Å². The predicted molar refractivity (Wildman–Crippen MR) is 86.2 cm³/mol. The lowest BCUT2D eigenvalue weighted by Crippen LogP contribution is -2.49. The molecule has 3 rings (SSSR count). The van der Waals surface area contributed by atoms with Gasteiger partial charge in [0.15, 0.2) is 0 Å². The summed E-state index contributed by atoms with van der Waals surface area (Å²) in [5, 5.41) is 4.50. The van der Waals surface area contributed by atoms with Gasteiger partial charge in [0.25, 0.3) is 0 Å². The van der Waals surface area contributed by atoms with E-state index in [1.807, 2.05) is 23.6 Å². The molecule has 0 bridgehead atoms. The molecule has 128 valence electrons. The minimum absolute atomic E-state index is 0.0427. The molecule has 1 unspecified atom stereocenters. The van der Waals surface area contributed by atoms with Gasteiger partial charge in [-0.05, 0) is 33.1 Å². The molecule has 6 heteroatoms. The van der Waals surface area contributed by atoms with Crippen molar-refractivity contribution < 1.29 is 14.3 Å². The maximum atomic E-state index is 12.9. The summed E-state index contributed by atoms with van der Waals surface area (Å²) in [6.07, 6.45) is 3.58. The highest BCUT2D eigenvalue weighted by Gasteiger charge is 2.42. The van der Waals surface area contributed by atoms with Crippen molar-refractivity contribution in [2.75, 3.05) is 26.9 Å². The van der Waals surface area contributed by atoms with Gasteiger partial charge in [0.05, 0.1) is 37.0 Å². The van der Waals surface area contributed by atoms with Crippen molar-refractivity contribution in [1.82, 2.24) is 14.7 Å². The third-order valence-corrected chi connectivity index (χ3v) is 5.52. The second kappa shape index (κ2) is 6.24. The molecule has 2 fully saturated rings. The number of methoxy groups -OCH3 is 1. The summed E-state index contributed by atoms with van der Waals surface area (Å²) in [6, 6.07) is -0.0427. The van der Waals surface area contributed by atoms with Gasteiger partial charge in [-0.2, -0.15) is 5.10 Å². The van der Waals surface area contributed by atoms with Crippen molar-refractivity contribution in [1.29, 1.82) is 0 Å². The summed E-state index contributed by atoms with van der Waals surface area (Å²) < 4.78 is 13.2. The van der Waals surface area contributed by atoms with E-state index < -0.39 is 0 Å². The summed E-state index contributed by atoms with van der Waals surface area (Å²) in [5.41, 5.74) is 2.96. The normalized spacial score (nSPS) is 23.7. The average molecular weight is 321 g/mol. The number of morpholine rings is 1. The molecule has 1 saturated carbocycles. The summed E-state index contributed by atoms with van der Waals surface area (Å²) in [4.78, 5) is 14.9. The Bertz CT molecular complexity index is 587. The first-order valence-electron chi connectivity index (χ1n) is 8.40. The van der Waals surface area contributed by atoms with Gasteiger partial charge in [-0.15, -0.1) is 0 Å². The lowest BCUT2D eigenvalue weighted by Gasteiger charge is -2.43. The molecule has 2 aliphatic rings. The average Bonchev–Trinajstić information content (AvgIpc) is 2.76. The summed E-state index contributed by atoms with van der Waals surface area (Å²) in [7, 11) is 3.66. The number of aryl methyl sites for hydroxylation is 2. The third-order valence-electron chi connectivity index (χ3n) is 5.52. The van der Waals surface area contributed by atoms with Crippen LogP contribution in [-0.2, 0) is 21.3 Å². The maximum Gasteiger partial charge on any atom is 0.226 e. The van der Waals surface area contributed by atoms with Crippen LogP contribution in [0, 0.1) is 13.8 Å². The Kier molecular flexibility index (Phi) is 4.47. The van der Waals surface area contributed by atoms with E-state index in [0.717, 1.165) is 36.2 Å². The van der Waals surface area contributed by atoms with E-state index in [0.29, 0.717) is 26.2 Å². The molecule has 1 aromatic heterocycles. The van der Waals surface area contributed by atoms with Gasteiger partial charge in [0.2, 0.25) is 5.91 Å². The minimum atomic E-state index is -0.237. The Labute approximate surface area is 137 Å². The van der Waals surface area contributed by atoms with Crippen LogP contribution in [-0.4, -0.2) is 53.1 Å². The van der Waals surface area contributed by atoms with E-state index >= 15 is 0 Å². The van der Waals surface area contributed by atoms with Crippen molar-refractivity contribution in [2.24, 2.45) is 7.05 Å². The molecule has 1 aliphatic heterocycles. The molecule has 1 saturated heterocycles. The number of carbonyl (C=O) groups excluding carboxylic acids is 1. The van der Waals surface area contributed by atoms with Crippen LogP contribution in [0.15, 0.2) is 0 Å². The Morgan fingerprint density at radius 2 is 2.17 bits per heavy atom. The van der Waals surface area contributed by atoms with Crippen LogP contribution >= 0.6 is 0 Å². The maximum absolute atomic E-state index is 12.9. The number of amides is 1. The third kappa shape index (κ3) is 2.90. The van der Waals surface area contributed by atoms with E-state index in [2.05, 4.69) is 12.0 Å². The Hall–Kier alpha value is -1.40. The molecule has 0 N–H and O–H groups in total. The molecule has 1 aliphatic carbocycles. The summed E-state index contributed by atoms with van der Waals surface area (Å²) >= 11 is 0. The van der Waals surface area contributed by atoms with Gasteiger partial charge in [0.1, 0.15) is 0 Å². The molecule has 6 nitrogen and oxygen atoms in total. The zero-order valence-corrected chi connectivity index (χ0v) is 14.6. The Morgan fingerprint density at radius 3 is 2.70 bits per heavy atom. The fraction of sp³-hybridized carbons (Fsp3) is 0.765. The van der Waals surface area contributed by atoms with Crippen LogP contribution < -0.4 is 0 Å². The van der Waals surface area contributed by atoms with Crippen LogP contribution in [0.1, 0.15) is 48.7 Å². The smallest absolute Gasteiger partial charge is 0.226 e. The molecule has 1 aromatic rings. The van der Waals surface area contributed by atoms with E-state index in [-0.39, 0.29) is 17.6 Å². The van der Waals surface area contributed by atoms with Crippen LogP contribution in [0.4, 0.5) is 0 Å². The van der Waals surface area contributed by atoms with E-state index in [1.54, 1.807) is 7.11 Å². The van der Waals surface area contributed by atoms with E-state index in [1.165, 1.54) is 0 Å². The van der Waals surface area contributed by atoms with Crippen molar-refractivity contribution in [2.45, 2.75) is 51.2 Å². The number of carbonyl (C=O) groups is 1. The van der Waals surface area contributed by atoms with Crippen LogP contribution in [0.25, 0.3) is 0 Å². The van der Waals surface area contributed by atoms with Crippen LogP contribution in [0.5, 0.6) is 0 Å². The van der Waals surface area contributed by atoms with Crippen molar-refractivity contribution in [3.63, 3.8) is 0 Å². The predicted octanol–water partition coefficient (Wildman–Crippen LogP) is 1.90. The topological polar surface area (TPSA) is 56.6 Å². The van der Waals surface area contributed by atoms with Gasteiger partial charge in [0, 0.05) is 32.0 Å². The highest BCUT2D eigenvalue weighted by Crippen LogP contribution is 2.39. The zero-order valence-electron chi connectivity index (χ0n) is 14.6. The largest absolute Gasteiger partial charge is 0.378 e. The molecular weight excluding hydrogens is 294 g/mol. The number of hydrogen-bond donors (Lipinski definition) is 0. The fourth-order valence-corrected chi connectivity index (χ4v) is 3.81. The number of nitrogens with zero attached hydrogens (tertiary/aromatic N) is 3. The molecule has 0 aromatic carbocycles. The van der Waals surface area contributed by atoms with E-state index in [9.17, 15) is 4.79 Å². The van der Waals surface area contributed by atoms with Crippen LogP contribution in [0.3, 0.4) is 0 Å². The molecule has 0 spiro atoms. The molecular formula is C17H27N3O3. The fourth-order valence-electron chi connectivity index (χ4n) is 3.81. The first kappa shape index (κ1) is 16.5. The molecule has 2 heterocycles. The zero-order chi connectivity index (χ0) is 16.6. The first-order chi connectivity index (χ1) is 11.0. The number of hydrogen-bond acceptors (Lipinski definition) is 4. The van der Waals surface area contributed by atoms with Crippen molar-refractivity contribution >= 4 is 5.91 Å². The minimum Gasteiger partial charge on any atom is -0.378 e. The molecule has 23 heavy (non-hydrogen) atoms. The molecule has 0 radical (unpaired) electrons. The Balaban J connectivity index is 1.82. The number of ether oxygens (including phenoxy) is 2. The quantitative estimate of drug-likeness (QED) is 0.850. The van der Waals surface area contributed by atoms with Gasteiger partial charge in [-0.25, -0.2) is 0 Å². The second-order valence-corrected chi connectivity index (χ2v) is 6.80. The van der Waals surface area contributed by atoms with Gasteiger partial charge in [-0.3, -0.25) is 9.48 Å². The van der Waals surface area contributed by atoms with Crippen molar-refractivity contribution in [3.05, 3.63) is 17.0 Å². The van der Waals surface area contributed by atoms with Crippen LogP contribution in [0.2, 0.25) is 0 Å². The van der Waals surface area contributed by atoms with Gasteiger partial charge < -0.3 is 14.4 Å². The SMILES string of the molecule is COC1(CC(=O)N2CCOCC2c2c(C)nn(C)c2C)CCC1. The summed E-state index contributed by atoms with van der Waals surface area (Å²) in [6.45, 7) is 5.83. The number of rotatable bonds is 4. The highest BCUT2D eigenvalue weighted by molar-refractivity contribution is 5.78. The van der Waals surface area contributed by atoms with Crippen molar-refractivity contribution in [3.8, 4) is 0 Å². The second-order valence-electron chi connectivity index (χ2n) is 6.80. The lowest BCUT2D eigenvalue weighted by molar-refractivity contribution is -0.152. The molecule has 1 atom stereocenters. The monoisotopic (exact) mass is 321 g/mol. The lowest BCUT2D eigenvalue weighted by atomic mass is 9.77. The van der Waals surface area contributed by atoms with Gasteiger partial charge in [-0.1, -0.05) is 0 Å². The van der Waals surface area contributed by atoms with Gasteiger partial charge >= 0.3 is 0 Å². The Morgan fingerprint density at radius 1 is 1.43 bits per heavy atom. The summed E-state index contributed by atoms with van der Waals surface area (Å²) in [5.74, 6) is 0.169. The molecule has 1 amide bonds. The highest BCUT2D eigenvalue weighted by atomic mass is 16.5.